The number of fused-ring (bicyclic) bond motifs is 4. The van der Waals surface area contributed by atoms with Crippen molar-refractivity contribution in [2.24, 2.45) is 24.8 Å². The maximum Gasteiger partial charge on any atom is 0.308 e. The number of carboxylic acids is 1. The molecule has 3 N–H and O–H groups in total. The standard InChI is InChI=1S/C28H24F3N5O2/c1-36-7-6-15(12-36)21-18(10-32)25(19-11-33-26-17(19)8-16(29)9-20(26)30)35-27(23(21)31)34-24-14-4-2-13(3-5-14)22(24)28(37)38/h6-9,11-14,22,24,33H,2-5H2,1H3,(H,34,35)(H,37,38). The van der Waals surface area contributed by atoms with Crippen LogP contribution in [-0.2, 0) is 11.8 Å². The van der Waals surface area contributed by atoms with Gasteiger partial charge >= 0.3 is 5.97 Å². The number of nitrogens with one attached hydrogen (secondary N) is 2. The topological polar surface area (TPSA) is 107 Å². The van der Waals surface area contributed by atoms with Crippen molar-refractivity contribution in [1.29, 1.82) is 5.26 Å². The molecule has 7 rings (SSSR count). The van der Waals surface area contributed by atoms with Crippen molar-refractivity contribution in [1.82, 2.24) is 14.5 Å². The number of pyridine rings is 1. The number of carbonyl (C=O) groups is 1. The Balaban J connectivity index is 1.58. The number of H-pyrrole nitrogens is 1. The molecule has 0 saturated heterocycles. The van der Waals surface area contributed by atoms with Gasteiger partial charge in [-0.05, 0) is 49.7 Å². The SMILES string of the molecule is Cn1ccc(-c2c(F)c(NC3C4CCC(CC4)C3C(=O)O)nc(-c3c[nH]c4c(F)cc(F)cc34)c2C#N)c1. The summed E-state index contributed by atoms with van der Waals surface area (Å²) >= 11 is 0. The Kier molecular flexibility index (Phi) is 5.67. The Morgan fingerprint density at radius 2 is 1.95 bits per heavy atom. The number of nitriles is 1. The van der Waals surface area contributed by atoms with Crippen LogP contribution in [0.1, 0.15) is 31.2 Å². The number of aryl methyl sites for hydroxylation is 1. The van der Waals surface area contributed by atoms with Gasteiger partial charge in [-0.15, -0.1) is 0 Å². The number of benzene rings is 1. The Labute approximate surface area is 215 Å². The maximum absolute atomic E-state index is 16.2. The van der Waals surface area contributed by atoms with Crippen molar-refractivity contribution in [3.8, 4) is 28.5 Å². The van der Waals surface area contributed by atoms with Gasteiger partial charge in [-0.1, -0.05) is 0 Å². The molecule has 4 aromatic rings. The van der Waals surface area contributed by atoms with E-state index in [2.05, 4.69) is 15.3 Å². The third-order valence-corrected chi connectivity index (χ3v) is 8.14. The molecule has 7 nitrogen and oxygen atoms in total. The minimum atomic E-state index is -0.933. The van der Waals surface area contributed by atoms with E-state index in [-0.39, 0.29) is 50.9 Å². The highest BCUT2D eigenvalue weighted by atomic mass is 19.1. The van der Waals surface area contributed by atoms with Gasteiger partial charge < -0.3 is 20.0 Å². The second-order valence-electron chi connectivity index (χ2n) is 10.3. The van der Waals surface area contributed by atoms with Crippen LogP contribution < -0.4 is 5.32 Å². The van der Waals surface area contributed by atoms with E-state index in [1.54, 1.807) is 30.1 Å². The minimum absolute atomic E-state index is 0.0101. The van der Waals surface area contributed by atoms with E-state index < -0.39 is 35.4 Å². The first kappa shape index (κ1) is 24.1. The molecule has 0 amide bonds. The summed E-state index contributed by atoms with van der Waals surface area (Å²) < 4.78 is 46.6. The molecule has 0 radical (unpaired) electrons. The first-order valence-electron chi connectivity index (χ1n) is 12.5. The van der Waals surface area contributed by atoms with Crippen molar-refractivity contribution in [2.45, 2.75) is 31.7 Å². The maximum atomic E-state index is 16.2. The Bertz CT molecular complexity index is 1630. The number of aliphatic carboxylic acids is 1. The molecule has 1 aromatic carbocycles. The predicted molar refractivity (Wildman–Crippen MR) is 135 cm³/mol. The molecule has 38 heavy (non-hydrogen) atoms. The number of anilines is 1. The number of aromatic amines is 1. The summed E-state index contributed by atoms with van der Waals surface area (Å²) in [6.45, 7) is 0. The number of hydrogen-bond acceptors (Lipinski definition) is 4. The number of nitrogens with zero attached hydrogens (tertiary/aromatic N) is 3. The second kappa shape index (κ2) is 8.94. The molecule has 3 fully saturated rings. The van der Waals surface area contributed by atoms with Gasteiger partial charge in [0.2, 0.25) is 0 Å². The van der Waals surface area contributed by atoms with E-state index in [0.717, 1.165) is 37.8 Å². The molecule has 3 aliphatic carbocycles. The summed E-state index contributed by atoms with van der Waals surface area (Å²) in [4.78, 5) is 19.5. The normalized spacial score (nSPS) is 22.5. The van der Waals surface area contributed by atoms with Gasteiger partial charge in [-0.25, -0.2) is 18.2 Å². The van der Waals surface area contributed by atoms with E-state index in [9.17, 15) is 23.9 Å². The molecule has 3 aliphatic rings. The molecule has 2 unspecified atom stereocenters. The minimum Gasteiger partial charge on any atom is -0.481 e. The van der Waals surface area contributed by atoms with Gasteiger partial charge in [0.25, 0.3) is 0 Å². The van der Waals surface area contributed by atoms with Crippen LogP contribution in [0.4, 0.5) is 19.0 Å². The molecule has 3 heterocycles. The molecule has 0 spiro atoms. The molecular formula is C28H24F3N5O2. The van der Waals surface area contributed by atoms with Gasteiger partial charge in [0.05, 0.1) is 22.7 Å². The lowest BCUT2D eigenvalue weighted by atomic mass is 9.61. The van der Waals surface area contributed by atoms with Crippen molar-refractivity contribution < 1.29 is 23.1 Å². The van der Waals surface area contributed by atoms with Crippen LogP contribution in [-0.4, -0.2) is 31.7 Å². The van der Waals surface area contributed by atoms with Crippen molar-refractivity contribution in [3.05, 3.63) is 59.8 Å². The van der Waals surface area contributed by atoms with Crippen LogP contribution in [0.3, 0.4) is 0 Å². The molecular weight excluding hydrogens is 495 g/mol. The fourth-order valence-electron chi connectivity index (χ4n) is 6.41. The molecule has 3 aromatic heterocycles. The highest BCUT2D eigenvalue weighted by Gasteiger charge is 2.47. The number of aromatic nitrogens is 3. The van der Waals surface area contributed by atoms with E-state index in [4.69, 9.17) is 0 Å². The van der Waals surface area contributed by atoms with Gasteiger partial charge in [-0.3, -0.25) is 4.79 Å². The molecule has 0 aliphatic heterocycles. The summed E-state index contributed by atoms with van der Waals surface area (Å²) in [7, 11) is 1.76. The first-order valence-corrected chi connectivity index (χ1v) is 12.5. The number of halogens is 3. The van der Waals surface area contributed by atoms with Crippen LogP contribution in [0.15, 0.2) is 36.8 Å². The van der Waals surface area contributed by atoms with Crippen LogP contribution in [0.25, 0.3) is 33.3 Å². The summed E-state index contributed by atoms with van der Waals surface area (Å²) in [6.07, 6.45) is 8.08. The zero-order valence-corrected chi connectivity index (χ0v) is 20.4. The number of carboxylic acid groups (broad SMARTS) is 1. The zero-order chi connectivity index (χ0) is 26.7. The van der Waals surface area contributed by atoms with Crippen molar-refractivity contribution in [3.63, 3.8) is 0 Å². The van der Waals surface area contributed by atoms with Crippen LogP contribution in [0, 0.1) is 46.5 Å². The lowest BCUT2D eigenvalue weighted by molar-refractivity contribution is -0.148. The monoisotopic (exact) mass is 519 g/mol. The van der Waals surface area contributed by atoms with Crippen LogP contribution in [0.2, 0.25) is 0 Å². The Hall–Kier alpha value is -4.26. The lowest BCUT2D eigenvalue weighted by Crippen LogP contribution is -2.51. The average molecular weight is 520 g/mol. The summed E-state index contributed by atoms with van der Waals surface area (Å²) in [5, 5.41) is 23.4. The highest BCUT2D eigenvalue weighted by molar-refractivity contribution is 5.98. The van der Waals surface area contributed by atoms with Gasteiger partial charge in [0, 0.05) is 59.8 Å². The summed E-state index contributed by atoms with van der Waals surface area (Å²) in [5.41, 5.74) is 0.618. The van der Waals surface area contributed by atoms with E-state index >= 15 is 4.39 Å². The Morgan fingerprint density at radius 3 is 2.61 bits per heavy atom. The largest absolute Gasteiger partial charge is 0.481 e. The fourth-order valence-corrected chi connectivity index (χ4v) is 6.41. The second-order valence-corrected chi connectivity index (χ2v) is 10.3. The number of hydrogen-bond donors (Lipinski definition) is 3. The quantitative estimate of drug-likeness (QED) is 0.308. The molecule has 3 saturated carbocycles. The third kappa shape index (κ3) is 3.72. The molecule has 194 valence electrons. The van der Waals surface area contributed by atoms with E-state index in [0.29, 0.717) is 5.56 Å². The first-order chi connectivity index (χ1) is 18.3. The molecule has 2 atom stereocenters. The van der Waals surface area contributed by atoms with Gasteiger partial charge in [0.15, 0.2) is 11.6 Å². The van der Waals surface area contributed by atoms with Crippen LogP contribution in [0.5, 0.6) is 0 Å². The van der Waals surface area contributed by atoms with Gasteiger partial charge in [-0.2, -0.15) is 5.26 Å². The van der Waals surface area contributed by atoms with Crippen molar-refractivity contribution in [2.75, 3.05) is 5.32 Å². The lowest BCUT2D eigenvalue weighted by Gasteiger charge is -2.47. The predicted octanol–water partition coefficient (Wildman–Crippen LogP) is 5.83. The molecule has 10 heteroatoms. The molecule has 2 bridgehead atoms. The van der Waals surface area contributed by atoms with E-state index in [1.165, 1.54) is 6.20 Å². The summed E-state index contributed by atoms with van der Waals surface area (Å²) in [6, 6.07) is 5.04. The summed E-state index contributed by atoms with van der Waals surface area (Å²) in [5.74, 6) is -4.18. The highest BCUT2D eigenvalue weighted by Crippen LogP contribution is 2.47. The zero-order valence-electron chi connectivity index (χ0n) is 20.4. The number of rotatable bonds is 5. The van der Waals surface area contributed by atoms with E-state index in [1.807, 2.05) is 6.07 Å². The van der Waals surface area contributed by atoms with Crippen molar-refractivity contribution >= 4 is 22.7 Å². The smallest absolute Gasteiger partial charge is 0.308 e. The van der Waals surface area contributed by atoms with Gasteiger partial charge in [0.1, 0.15) is 17.7 Å². The van der Waals surface area contributed by atoms with Crippen LogP contribution >= 0.6 is 0 Å². The Morgan fingerprint density at radius 1 is 1.21 bits per heavy atom. The third-order valence-electron chi connectivity index (χ3n) is 8.14. The average Bonchev–Trinajstić information content (AvgIpc) is 3.51. The fraction of sp³-hybridized carbons (Fsp3) is 0.321.